The van der Waals surface area contributed by atoms with Gasteiger partial charge in [0.25, 0.3) is 0 Å². The number of aryl methyl sites for hydroxylation is 1. The number of rotatable bonds is 3. The van der Waals surface area contributed by atoms with Gasteiger partial charge in [-0.3, -0.25) is 4.79 Å². The molecule has 146 valence electrons. The maximum atomic E-state index is 13.5. The first-order valence-corrected chi connectivity index (χ1v) is 11.0. The van der Waals surface area contributed by atoms with Crippen molar-refractivity contribution < 1.29 is 4.79 Å². The van der Waals surface area contributed by atoms with Crippen LogP contribution >= 0.6 is 23.2 Å². The molecule has 0 heterocycles. The van der Waals surface area contributed by atoms with Crippen LogP contribution in [-0.4, -0.2) is 5.91 Å². The van der Waals surface area contributed by atoms with Crippen LogP contribution in [0.3, 0.4) is 0 Å². The zero-order valence-corrected chi connectivity index (χ0v) is 17.6. The van der Waals surface area contributed by atoms with Crippen molar-refractivity contribution in [2.45, 2.75) is 50.9 Å². The van der Waals surface area contributed by atoms with Crippen LogP contribution in [0.2, 0.25) is 10.0 Å². The molecule has 0 aromatic heterocycles. The first kappa shape index (κ1) is 18.5. The van der Waals surface area contributed by atoms with Gasteiger partial charge in [0.1, 0.15) is 0 Å². The number of halogens is 2. The highest BCUT2D eigenvalue weighted by molar-refractivity contribution is 6.42. The molecule has 4 heteroatoms. The molecular weight excluding hydrogens is 389 g/mol. The van der Waals surface area contributed by atoms with Gasteiger partial charge in [-0.15, -0.1) is 0 Å². The molecule has 0 saturated heterocycles. The summed E-state index contributed by atoms with van der Waals surface area (Å²) < 4.78 is 0. The van der Waals surface area contributed by atoms with E-state index in [0.717, 1.165) is 24.9 Å². The molecule has 4 fully saturated rings. The maximum Gasteiger partial charge on any atom is 0.230 e. The highest BCUT2D eigenvalue weighted by Crippen LogP contribution is 2.66. The molecule has 2 unspecified atom stereocenters. The van der Waals surface area contributed by atoms with Crippen molar-refractivity contribution in [2.24, 2.45) is 17.3 Å². The molecule has 4 aliphatic rings. The lowest BCUT2D eigenvalue weighted by Gasteiger charge is -2.61. The molecule has 2 aromatic rings. The van der Waals surface area contributed by atoms with Crippen molar-refractivity contribution in [1.29, 1.82) is 0 Å². The summed E-state index contributed by atoms with van der Waals surface area (Å²) >= 11 is 12.2. The molecule has 2 nitrogen and oxygen atoms in total. The number of nitrogens with one attached hydrogen (secondary N) is 1. The van der Waals surface area contributed by atoms with E-state index in [4.69, 9.17) is 23.2 Å². The minimum Gasteiger partial charge on any atom is -0.326 e. The van der Waals surface area contributed by atoms with E-state index in [1.165, 1.54) is 30.4 Å². The van der Waals surface area contributed by atoms with E-state index >= 15 is 0 Å². The summed E-state index contributed by atoms with van der Waals surface area (Å²) in [6.45, 7) is 2.13. The van der Waals surface area contributed by atoms with Gasteiger partial charge in [0.2, 0.25) is 5.91 Å². The van der Waals surface area contributed by atoms with Crippen LogP contribution in [0.25, 0.3) is 0 Å². The molecule has 28 heavy (non-hydrogen) atoms. The van der Waals surface area contributed by atoms with Crippen LogP contribution in [0.15, 0.2) is 42.5 Å². The van der Waals surface area contributed by atoms with E-state index in [9.17, 15) is 4.79 Å². The van der Waals surface area contributed by atoms with Crippen LogP contribution in [0, 0.1) is 24.2 Å². The third-order valence-electron chi connectivity index (χ3n) is 7.38. The summed E-state index contributed by atoms with van der Waals surface area (Å²) in [5.74, 6) is 1.47. The average Bonchev–Trinajstić information content (AvgIpc) is 2.64. The lowest BCUT2D eigenvalue weighted by atomic mass is 9.42. The Labute approximate surface area is 176 Å². The van der Waals surface area contributed by atoms with Gasteiger partial charge < -0.3 is 5.32 Å². The van der Waals surface area contributed by atoms with Crippen molar-refractivity contribution in [3.8, 4) is 0 Å². The first-order chi connectivity index (χ1) is 13.4. The number of amides is 1. The fourth-order valence-electron chi connectivity index (χ4n) is 6.61. The van der Waals surface area contributed by atoms with Gasteiger partial charge in [0, 0.05) is 5.69 Å². The minimum atomic E-state index is -0.263. The number of hydrogen-bond acceptors (Lipinski definition) is 1. The topological polar surface area (TPSA) is 29.1 Å². The fraction of sp³-hybridized carbons (Fsp3) is 0.458. The van der Waals surface area contributed by atoms with Crippen molar-refractivity contribution in [1.82, 2.24) is 0 Å². The summed E-state index contributed by atoms with van der Waals surface area (Å²) in [6, 6.07) is 14.4. The monoisotopic (exact) mass is 413 g/mol. The molecule has 0 spiro atoms. The molecule has 0 aliphatic heterocycles. The Morgan fingerprint density at radius 3 is 2.29 bits per heavy atom. The summed E-state index contributed by atoms with van der Waals surface area (Å²) in [4.78, 5) is 13.5. The standard InChI is InChI=1S/C24H25Cl2NO/c1-15-2-4-18(5-3-15)23-10-16-8-17(11-23)13-24(12-16,14-23)22(28)27-19-6-7-20(25)21(26)9-19/h2-7,9,16-17H,8,10-14H2,1H3,(H,27,28)/t16-,17+,23?,24?. The van der Waals surface area contributed by atoms with E-state index in [-0.39, 0.29) is 16.7 Å². The Bertz CT molecular complexity index is 922. The van der Waals surface area contributed by atoms with Crippen LogP contribution < -0.4 is 5.32 Å². The van der Waals surface area contributed by atoms with Gasteiger partial charge >= 0.3 is 0 Å². The van der Waals surface area contributed by atoms with Crippen LogP contribution in [0.1, 0.15) is 49.7 Å². The second kappa shape index (κ2) is 6.50. The zero-order chi connectivity index (χ0) is 19.5. The SMILES string of the molecule is Cc1ccc(C23C[C@@H]4C[C@@H](CC(C(=O)Nc5ccc(Cl)c(Cl)c5)(C4)C2)C3)cc1. The second-order valence-corrected chi connectivity index (χ2v) is 10.3. The molecule has 0 radical (unpaired) electrons. The third-order valence-corrected chi connectivity index (χ3v) is 8.12. The van der Waals surface area contributed by atoms with Crippen molar-refractivity contribution >= 4 is 34.8 Å². The Morgan fingerprint density at radius 2 is 1.64 bits per heavy atom. The minimum absolute atomic E-state index is 0.159. The Balaban J connectivity index is 1.46. The molecule has 4 bridgehead atoms. The first-order valence-electron chi connectivity index (χ1n) is 10.2. The molecular formula is C24H25Cl2NO. The van der Waals surface area contributed by atoms with Crippen LogP contribution in [0.4, 0.5) is 5.69 Å². The van der Waals surface area contributed by atoms with Crippen molar-refractivity contribution in [3.63, 3.8) is 0 Å². The summed E-state index contributed by atoms with van der Waals surface area (Å²) in [5.41, 5.74) is 3.35. The Morgan fingerprint density at radius 1 is 0.964 bits per heavy atom. The maximum absolute atomic E-state index is 13.5. The molecule has 4 atom stereocenters. The summed E-state index contributed by atoms with van der Waals surface area (Å²) in [6.07, 6.45) is 6.75. The highest BCUT2D eigenvalue weighted by atomic mass is 35.5. The highest BCUT2D eigenvalue weighted by Gasteiger charge is 2.60. The lowest BCUT2D eigenvalue weighted by Crippen LogP contribution is -2.57. The molecule has 6 rings (SSSR count). The normalized spacial score (nSPS) is 33.1. The van der Waals surface area contributed by atoms with Crippen LogP contribution in [-0.2, 0) is 10.2 Å². The number of anilines is 1. The smallest absolute Gasteiger partial charge is 0.230 e. The predicted molar refractivity (Wildman–Crippen MR) is 115 cm³/mol. The fourth-order valence-corrected chi connectivity index (χ4v) is 6.91. The van der Waals surface area contributed by atoms with E-state index < -0.39 is 0 Å². The van der Waals surface area contributed by atoms with Gasteiger partial charge in [-0.25, -0.2) is 0 Å². The molecule has 1 amide bonds. The number of benzene rings is 2. The summed E-state index contributed by atoms with van der Waals surface area (Å²) in [7, 11) is 0. The molecule has 1 N–H and O–H groups in total. The Hall–Kier alpha value is -1.51. The number of carbonyl (C=O) groups is 1. The van der Waals surface area contributed by atoms with Gasteiger partial charge in [-0.05, 0) is 86.5 Å². The number of carbonyl (C=O) groups excluding carboxylic acids is 1. The summed E-state index contributed by atoms with van der Waals surface area (Å²) in [5, 5.41) is 4.14. The predicted octanol–water partition coefficient (Wildman–Crippen LogP) is 6.78. The number of hydrogen-bond donors (Lipinski definition) is 1. The van der Waals surface area contributed by atoms with Gasteiger partial charge in [0.05, 0.1) is 15.5 Å². The molecule has 4 aliphatic carbocycles. The van der Waals surface area contributed by atoms with Gasteiger partial charge in [0.15, 0.2) is 0 Å². The lowest BCUT2D eigenvalue weighted by molar-refractivity contribution is -0.143. The van der Waals surface area contributed by atoms with E-state index in [0.29, 0.717) is 21.9 Å². The largest absolute Gasteiger partial charge is 0.326 e. The van der Waals surface area contributed by atoms with E-state index in [1.807, 2.05) is 6.07 Å². The quantitative estimate of drug-likeness (QED) is 0.589. The Kier molecular flexibility index (Phi) is 4.30. The third kappa shape index (κ3) is 2.97. The molecule has 2 aromatic carbocycles. The average molecular weight is 414 g/mol. The van der Waals surface area contributed by atoms with Gasteiger partial charge in [-0.1, -0.05) is 53.0 Å². The van der Waals surface area contributed by atoms with Crippen LogP contribution in [0.5, 0.6) is 0 Å². The van der Waals surface area contributed by atoms with E-state index in [2.05, 4.69) is 36.5 Å². The van der Waals surface area contributed by atoms with Crippen molar-refractivity contribution in [2.75, 3.05) is 5.32 Å². The van der Waals surface area contributed by atoms with Gasteiger partial charge in [-0.2, -0.15) is 0 Å². The molecule has 4 saturated carbocycles. The second-order valence-electron chi connectivity index (χ2n) is 9.47. The van der Waals surface area contributed by atoms with E-state index in [1.54, 1.807) is 12.1 Å². The van der Waals surface area contributed by atoms with Crippen molar-refractivity contribution in [3.05, 3.63) is 63.6 Å². The zero-order valence-electron chi connectivity index (χ0n) is 16.1.